The predicted molar refractivity (Wildman–Crippen MR) is 94.3 cm³/mol. The molecule has 0 saturated carbocycles. The summed E-state index contributed by atoms with van der Waals surface area (Å²) in [5.41, 5.74) is 4.23. The zero-order chi connectivity index (χ0) is 16.3. The van der Waals surface area contributed by atoms with Gasteiger partial charge in [0, 0.05) is 27.5 Å². The van der Waals surface area contributed by atoms with E-state index < -0.39 is 0 Å². The van der Waals surface area contributed by atoms with Crippen LogP contribution in [-0.4, -0.2) is 13.1 Å². The van der Waals surface area contributed by atoms with Crippen LogP contribution in [0.15, 0.2) is 40.1 Å². The van der Waals surface area contributed by atoms with Gasteiger partial charge in [0.25, 0.3) is 0 Å². The normalized spacial score (nSPS) is 10.4. The van der Waals surface area contributed by atoms with Gasteiger partial charge in [0.15, 0.2) is 0 Å². The Morgan fingerprint density at radius 3 is 2.27 bits per heavy atom. The largest absolute Gasteiger partial charge is 0.341 e. The highest BCUT2D eigenvalue weighted by Gasteiger charge is 2.10. The fourth-order valence-corrected chi connectivity index (χ4v) is 3.48. The maximum atomic E-state index is 11.4. The zero-order valence-electron chi connectivity index (χ0n) is 13.1. The smallest absolute Gasteiger partial charge is 0.318 e. The van der Waals surface area contributed by atoms with Crippen molar-refractivity contribution in [3.63, 3.8) is 0 Å². The van der Waals surface area contributed by atoms with E-state index in [4.69, 9.17) is 11.6 Å². The molecule has 3 nitrogen and oxygen atoms in total. The van der Waals surface area contributed by atoms with Gasteiger partial charge in [0.2, 0.25) is 0 Å². The highest BCUT2D eigenvalue weighted by molar-refractivity contribution is 7.99. The Hall–Kier alpha value is -1.65. The van der Waals surface area contributed by atoms with Gasteiger partial charge in [0.1, 0.15) is 0 Å². The molecule has 2 aromatic carbocycles. The maximum Gasteiger partial charge on any atom is 0.318 e. The van der Waals surface area contributed by atoms with Gasteiger partial charge in [-0.2, -0.15) is 0 Å². The molecule has 0 aromatic heterocycles. The fourth-order valence-electron chi connectivity index (χ4n) is 2.17. The van der Waals surface area contributed by atoms with E-state index in [0.717, 1.165) is 26.7 Å². The van der Waals surface area contributed by atoms with E-state index in [1.165, 1.54) is 10.5 Å². The highest BCUT2D eigenvalue weighted by atomic mass is 35.5. The first-order valence-electron chi connectivity index (χ1n) is 6.94. The number of hydrogen-bond donors (Lipinski definition) is 2. The van der Waals surface area contributed by atoms with Crippen molar-refractivity contribution in [2.75, 3.05) is 12.4 Å². The lowest BCUT2D eigenvalue weighted by atomic mass is 10.1. The third-order valence-electron chi connectivity index (χ3n) is 3.31. The lowest BCUT2D eigenvalue weighted by Gasteiger charge is -2.14. The Balaban J connectivity index is 2.32. The number of urea groups is 1. The molecule has 5 heteroatoms. The Kier molecular flexibility index (Phi) is 5.37. The molecule has 0 saturated heterocycles. The number of amides is 2. The lowest BCUT2D eigenvalue weighted by Crippen LogP contribution is -2.24. The summed E-state index contributed by atoms with van der Waals surface area (Å²) < 4.78 is 0. The molecule has 2 amide bonds. The van der Waals surface area contributed by atoms with Crippen molar-refractivity contribution in [3.8, 4) is 0 Å². The second kappa shape index (κ2) is 7.07. The molecular weight excluding hydrogens is 316 g/mol. The average Bonchev–Trinajstić information content (AvgIpc) is 2.46. The van der Waals surface area contributed by atoms with Gasteiger partial charge in [0.05, 0.1) is 0 Å². The number of hydrogen-bond acceptors (Lipinski definition) is 2. The van der Waals surface area contributed by atoms with Crippen LogP contribution >= 0.6 is 23.4 Å². The van der Waals surface area contributed by atoms with Gasteiger partial charge in [-0.25, -0.2) is 4.79 Å². The van der Waals surface area contributed by atoms with Gasteiger partial charge >= 0.3 is 6.03 Å². The van der Waals surface area contributed by atoms with Gasteiger partial charge in [-0.15, -0.1) is 0 Å². The molecule has 116 valence electrons. The Labute approximate surface area is 140 Å². The zero-order valence-corrected chi connectivity index (χ0v) is 14.7. The minimum absolute atomic E-state index is 0.218. The predicted octanol–water partition coefficient (Wildman–Crippen LogP) is 5.17. The van der Waals surface area contributed by atoms with Crippen LogP contribution in [-0.2, 0) is 0 Å². The molecule has 0 atom stereocenters. The molecule has 0 aliphatic heterocycles. The third kappa shape index (κ3) is 3.96. The van der Waals surface area contributed by atoms with Crippen molar-refractivity contribution in [2.24, 2.45) is 0 Å². The molecule has 0 radical (unpaired) electrons. The summed E-state index contributed by atoms with van der Waals surface area (Å²) in [6.07, 6.45) is 0. The van der Waals surface area contributed by atoms with Crippen LogP contribution in [0.3, 0.4) is 0 Å². The number of benzene rings is 2. The summed E-state index contributed by atoms with van der Waals surface area (Å²) >= 11 is 7.80. The second-order valence-corrected chi connectivity index (χ2v) is 6.64. The van der Waals surface area contributed by atoms with Crippen molar-refractivity contribution >= 4 is 35.1 Å². The first-order valence-corrected chi connectivity index (χ1v) is 8.14. The van der Waals surface area contributed by atoms with Crippen molar-refractivity contribution in [3.05, 3.63) is 52.0 Å². The molecule has 0 spiro atoms. The summed E-state index contributed by atoms with van der Waals surface area (Å²) in [6, 6.07) is 9.64. The van der Waals surface area contributed by atoms with Crippen molar-refractivity contribution < 1.29 is 4.79 Å². The molecule has 2 aromatic rings. The van der Waals surface area contributed by atoms with Crippen molar-refractivity contribution in [1.29, 1.82) is 0 Å². The van der Waals surface area contributed by atoms with Crippen LogP contribution in [0.25, 0.3) is 0 Å². The van der Waals surface area contributed by atoms with E-state index in [0.29, 0.717) is 0 Å². The Morgan fingerprint density at radius 1 is 1.05 bits per heavy atom. The molecular formula is C17H19ClN2OS. The Morgan fingerprint density at radius 2 is 1.68 bits per heavy atom. The van der Waals surface area contributed by atoms with Crippen LogP contribution < -0.4 is 10.6 Å². The molecule has 22 heavy (non-hydrogen) atoms. The van der Waals surface area contributed by atoms with Crippen LogP contribution in [0, 0.1) is 20.8 Å². The summed E-state index contributed by atoms with van der Waals surface area (Å²) in [6.45, 7) is 6.17. The number of carbonyl (C=O) groups is 1. The first-order chi connectivity index (χ1) is 10.4. The van der Waals surface area contributed by atoms with E-state index in [9.17, 15) is 4.79 Å². The number of rotatable bonds is 3. The van der Waals surface area contributed by atoms with Gasteiger partial charge in [-0.05, 0) is 61.7 Å². The van der Waals surface area contributed by atoms with E-state index in [-0.39, 0.29) is 6.03 Å². The minimum Gasteiger partial charge on any atom is -0.341 e. The second-order valence-electron chi connectivity index (χ2n) is 5.16. The standard InChI is InChI=1S/C17H19ClN2OS/c1-10-5-6-13(18)9-15(10)22-16-11(2)7-14(8-12(16)3)20-17(21)19-4/h5-9H,1-4H3,(H2,19,20,21). The van der Waals surface area contributed by atoms with Crippen LogP contribution in [0.5, 0.6) is 0 Å². The van der Waals surface area contributed by atoms with Crippen molar-refractivity contribution in [2.45, 2.75) is 30.6 Å². The third-order valence-corrected chi connectivity index (χ3v) is 5.05. The molecule has 2 N–H and O–H groups in total. The molecule has 0 heterocycles. The number of anilines is 1. The van der Waals surface area contributed by atoms with E-state index >= 15 is 0 Å². The molecule has 0 unspecified atom stereocenters. The van der Waals surface area contributed by atoms with E-state index in [1.54, 1.807) is 18.8 Å². The summed E-state index contributed by atoms with van der Waals surface area (Å²) in [7, 11) is 1.60. The highest BCUT2D eigenvalue weighted by Crippen LogP contribution is 2.37. The fraction of sp³-hybridized carbons (Fsp3) is 0.235. The number of halogens is 1. The first kappa shape index (κ1) is 16.7. The molecule has 2 rings (SSSR count). The molecule has 0 bridgehead atoms. The maximum absolute atomic E-state index is 11.4. The molecule has 0 aliphatic carbocycles. The minimum atomic E-state index is -0.218. The average molecular weight is 335 g/mol. The van der Waals surface area contributed by atoms with Gasteiger partial charge in [-0.1, -0.05) is 29.4 Å². The topological polar surface area (TPSA) is 41.1 Å². The summed E-state index contributed by atoms with van der Waals surface area (Å²) in [5, 5.41) is 6.09. The van der Waals surface area contributed by atoms with Gasteiger partial charge in [-0.3, -0.25) is 0 Å². The lowest BCUT2D eigenvalue weighted by molar-refractivity contribution is 0.254. The Bertz CT molecular complexity index is 693. The SMILES string of the molecule is CNC(=O)Nc1cc(C)c(Sc2cc(Cl)ccc2C)c(C)c1. The van der Waals surface area contributed by atoms with Crippen LogP contribution in [0.4, 0.5) is 10.5 Å². The van der Waals surface area contributed by atoms with E-state index in [2.05, 4.69) is 17.6 Å². The van der Waals surface area contributed by atoms with Crippen molar-refractivity contribution in [1.82, 2.24) is 5.32 Å². The monoisotopic (exact) mass is 334 g/mol. The summed E-state index contributed by atoms with van der Waals surface area (Å²) in [4.78, 5) is 13.8. The van der Waals surface area contributed by atoms with E-state index in [1.807, 2.05) is 44.2 Å². The number of aryl methyl sites for hydroxylation is 3. The number of nitrogens with one attached hydrogen (secondary N) is 2. The van der Waals surface area contributed by atoms with Crippen LogP contribution in [0.2, 0.25) is 5.02 Å². The molecule has 0 fully saturated rings. The van der Waals surface area contributed by atoms with Crippen LogP contribution in [0.1, 0.15) is 16.7 Å². The van der Waals surface area contributed by atoms with Gasteiger partial charge < -0.3 is 10.6 Å². The number of carbonyl (C=O) groups excluding carboxylic acids is 1. The summed E-state index contributed by atoms with van der Waals surface area (Å²) in [5.74, 6) is 0. The quantitative estimate of drug-likeness (QED) is 0.813. The molecule has 0 aliphatic rings.